The third-order valence-corrected chi connectivity index (χ3v) is 7.87. The first-order valence-electron chi connectivity index (χ1n) is 14.6. The predicted octanol–water partition coefficient (Wildman–Crippen LogP) is 3.33. The summed E-state index contributed by atoms with van der Waals surface area (Å²) in [6.45, 7) is 2.63. The molecule has 2 atom stereocenters. The minimum atomic E-state index is -0.840. The van der Waals surface area contributed by atoms with Gasteiger partial charge < -0.3 is 19.9 Å². The summed E-state index contributed by atoms with van der Waals surface area (Å²) >= 11 is 0. The van der Waals surface area contributed by atoms with Crippen molar-refractivity contribution in [2.24, 2.45) is 0 Å². The van der Waals surface area contributed by atoms with Crippen LogP contribution >= 0.6 is 0 Å². The van der Waals surface area contributed by atoms with E-state index in [0.29, 0.717) is 5.56 Å². The zero-order valence-corrected chi connectivity index (χ0v) is 24.7. The molecule has 0 saturated carbocycles. The van der Waals surface area contributed by atoms with E-state index in [-0.39, 0.29) is 70.0 Å². The molecular formula is C34H36FN5O4. The van der Waals surface area contributed by atoms with Gasteiger partial charge in [0, 0.05) is 25.1 Å². The van der Waals surface area contributed by atoms with Gasteiger partial charge in [-0.15, -0.1) is 6.42 Å². The molecule has 44 heavy (non-hydrogen) atoms. The molecule has 2 heterocycles. The van der Waals surface area contributed by atoms with E-state index < -0.39 is 18.2 Å². The fraction of sp³-hybridized carbons (Fsp3) is 0.324. The van der Waals surface area contributed by atoms with Gasteiger partial charge in [-0.05, 0) is 24.1 Å². The summed E-state index contributed by atoms with van der Waals surface area (Å²) in [4.78, 5) is 44.5. The second-order valence-electron chi connectivity index (χ2n) is 10.9. The Balaban J connectivity index is 1.40. The average Bonchev–Trinajstić information content (AvgIpc) is 3.02. The lowest BCUT2D eigenvalue weighted by Crippen LogP contribution is -2.76. The van der Waals surface area contributed by atoms with Gasteiger partial charge in [-0.1, -0.05) is 84.3 Å². The van der Waals surface area contributed by atoms with Crippen molar-refractivity contribution in [1.82, 2.24) is 25.1 Å². The molecule has 2 saturated heterocycles. The topological polar surface area (TPSA) is 85.4 Å². The molecule has 228 valence electrons. The summed E-state index contributed by atoms with van der Waals surface area (Å²) in [5, 5.41) is 5.98. The molecule has 0 aromatic heterocycles. The van der Waals surface area contributed by atoms with Crippen LogP contribution in [0.25, 0.3) is 0 Å². The molecular weight excluding hydrogens is 561 g/mol. The number of hydrogen-bond acceptors (Lipinski definition) is 5. The van der Waals surface area contributed by atoms with Crippen LogP contribution in [-0.4, -0.2) is 82.7 Å². The highest BCUT2D eigenvalue weighted by Gasteiger charge is 2.51. The maximum atomic E-state index is 14.1. The van der Waals surface area contributed by atoms with Crippen molar-refractivity contribution < 1.29 is 23.5 Å². The van der Waals surface area contributed by atoms with Gasteiger partial charge in [0.05, 0.1) is 32.8 Å². The third kappa shape index (κ3) is 7.08. The highest BCUT2D eigenvalue weighted by molar-refractivity contribution is 5.91. The van der Waals surface area contributed by atoms with Crippen LogP contribution < -0.4 is 5.32 Å². The van der Waals surface area contributed by atoms with E-state index in [0.717, 1.165) is 16.7 Å². The van der Waals surface area contributed by atoms with Crippen LogP contribution in [0.2, 0.25) is 0 Å². The number of fused-ring (bicyclic) bond motifs is 1. The van der Waals surface area contributed by atoms with Gasteiger partial charge in [0.1, 0.15) is 18.0 Å². The van der Waals surface area contributed by atoms with Crippen molar-refractivity contribution in [2.45, 2.75) is 38.7 Å². The summed E-state index contributed by atoms with van der Waals surface area (Å²) in [5.74, 6) is 1.68. The lowest BCUT2D eigenvalue weighted by Gasteiger charge is -2.54. The Morgan fingerprint density at radius 2 is 1.75 bits per heavy atom. The van der Waals surface area contributed by atoms with Crippen molar-refractivity contribution in [3.05, 3.63) is 107 Å². The number of terminal acetylenes is 1. The van der Waals surface area contributed by atoms with Gasteiger partial charge in [0.25, 0.3) is 0 Å². The van der Waals surface area contributed by atoms with E-state index in [1.807, 2.05) is 61.5 Å². The van der Waals surface area contributed by atoms with E-state index in [9.17, 15) is 18.8 Å². The van der Waals surface area contributed by atoms with Gasteiger partial charge in [0.15, 0.2) is 0 Å². The Morgan fingerprint density at radius 1 is 1.02 bits per heavy atom. The molecule has 0 aliphatic carbocycles. The molecule has 2 aliphatic rings. The number of carbonyl (C=O) groups is 3. The minimum Gasteiger partial charge on any atom is -0.375 e. The Hall–Kier alpha value is -4.72. The first-order valence-corrected chi connectivity index (χ1v) is 14.6. The van der Waals surface area contributed by atoms with E-state index in [1.54, 1.807) is 28.1 Å². The summed E-state index contributed by atoms with van der Waals surface area (Å²) in [7, 11) is 0. The number of urea groups is 1. The first-order chi connectivity index (χ1) is 21.4. The van der Waals surface area contributed by atoms with Crippen LogP contribution in [0, 0.1) is 25.1 Å². The maximum absolute atomic E-state index is 14.1. The van der Waals surface area contributed by atoms with Crippen molar-refractivity contribution in [1.29, 1.82) is 0 Å². The maximum Gasteiger partial charge on any atom is 0.334 e. The summed E-state index contributed by atoms with van der Waals surface area (Å²) in [6, 6.07) is 22.4. The molecule has 0 unspecified atom stereocenters. The van der Waals surface area contributed by atoms with Crippen LogP contribution in [0.5, 0.6) is 0 Å². The number of nitrogens with zero attached hydrogens (tertiary/aromatic N) is 4. The average molecular weight is 598 g/mol. The van der Waals surface area contributed by atoms with E-state index in [1.165, 1.54) is 16.0 Å². The van der Waals surface area contributed by atoms with Crippen molar-refractivity contribution in [3.63, 3.8) is 0 Å². The molecule has 3 aromatic carbocycles. The monoisotopic (exact) mass is 597 g/mol. The van der Waals surface area contributed by atoms with Crippen molar-refractivity contribution in [2.75, 3.05) is 32.8 Å². The summed E-state index contributed by atoms with van der Waals surface area (Å²) in [5.41, 5.74) is 3.31. The SMILES string of the molecule is C#CCN1CC(=O)N2[C@@H](Cc3ccc(C)cc3)C(=O)N(CCOCc3ccccc3F)C[C@@H]2N1C(=O)NCc1ccccc1. The van der Waals surface area contributed by atoms with Crippen molar-refractivity contribution >= 4 is 17.8 Å². The lowest BCUT2D eigenvalue weighted by molar-refractivity contribution is -0.189. The molecule has 0 spiro atoms. The Labute approximate surface area is 257 Å². The van der Waals surface area contributed by atoms with E-state index in [2.05, 4.69) is 11.2 Å². The number of benzene rings is 3. The Kier molecular flexibility index (Phi) is 9.89. The van der Waals surface area contributed by atoms with E-state index in [4.69, 9.17) is 11.2 Å². The van der Waals surface area contributed by atoms with Gasteiger partial charge in [-0.2, -0.15) is 5.01 Å². The van der Waals surface area contributed by atoms with Gasteiger partial charge in [-0.25, -0.2) is 14.2 Å². The summed E-state index contributed by atoms with van der Waals surface area (Å²) < 4.78 is 19.8. The molecule has 0 bridgehead atoms. The molecule has 4 amide bonds. The molecule has 0 radical (unpaired) electrons. The zero-order valence-electron chi connectivity index (χ0n) is 24.7. The largest absolute Gasteiger partial charge is 0.375 e. The number of carbonyl (C=O) groups excluding carboxylic acids is 3. The lowest BCUT2D eigenvalue weighted by atomic mass is 9.98. The molecule has 10 heteroatoms. The van der Waals surface area contributed by atoms with Crippen LogP contribution in [0.15, 0.2) is 78.9 Å². The highest BCUT2D eigenvalue weighted by Crippen LogP contribution is 2.28. The predicted molar refractivity (Wildman–Crippen MR) is 163 cm³/mol. The number of halogens is 1. The third-order valence-electron chi connectivity index (χ3n) is 7.87. The normalized spacial score (nSPS) is 18.6. The molecule has 2 fully saturated rings. The fourth-order valence-electron chi connectivity index (χ4n) is 5.61. The van der Waals surface area contributed by atoms with Gasteiger partial charge in [0.2, 0.25) is 11.8 Å². The molecule has 9 nitrogen and oxygen atoms in total. The molecule has 2 aliphatic heterocycles. The van der Waals surface area contributed by atoms with Crippen LogP contribution in [-0.2, 0) is 33.9 Å². The summed E-state index contributed by atoms with van der Waals surface area (Å²) in [6.07, 6.45) is 5.14. The zero-order chi connectivity index (χ0) is 31.1. The standard InChI is InChI=1S/C34H36FN5O4/c1-3-17-38-23-32(41)39-30(20-26-15-13-25(2)14-16-26)33(42)37(18-19-44-24-28-11-7-8-12-29(28)35)22-31(39)40(38)34(43)36-21-27-9-5-4-6-10-27/h1,4-16,30-31H,17-24H2,2H3,(H,36,43)/t30-,31-/m0/s1. The fourth-order valence-corrected chi connectivity index (χ4v) is 5.61. The minimum absolute atomic E-state index is 0.0389. The number of ether oxygens (including phenoxy) is 1. The van der Waals surface area contributed by atoms with Crippen LogP contribution in [0.3, 0.4) is 0 Å². The number of nitrogens with one attached hydrogen (secondary N) is 1. The van der Waals surface area contributed by atoms with E-state index >= 15 is 0 Å². The first kappa shape index (κ1) is 30.7. The quantitative estimate of drug-likeness (QED) is 0.286. The van der Waals surface area contributed by atoms with Crippen LogP contribution in [0.1, 0.15) is 22.3 Å². The second kappa shape index (κ2) is 14.2. The number of rotatable bonds is 10. The molecule has 1 N–H and O–H groups in total. The molecule has 3 aromatic rings. The highest BCUT2D eigenvalue weighted by atomic mass is 19.1. The number of aryl methyl sites for hydroxylation is 1. The Morgan fingerprint density at radius 3 is 2.48 bits per heavy atom. The smallest absolute Gasteiger partial charge is 0.334 e. The van der Waals surface area contributed by atoms with Gasteiger partial charge in [-0.3, -0.25) is 9.59 Å². The Bertz CT molecular complexity index is 1510. The van der Waals surface area contributed by atoms with Gasteiger partial charge >= 0.3 is 6.03 Å². The second-order valence-corrected chi connectivity index (χ2v) is 10.9. The number of amides is 4. The molecule has 5 rings (SSSR count). The van der Waals surface area contributed by atoms with Crippen molar-refractivity contribution in [3.8, 4) is 12.3 Å². The number of hydrazine groups is 1. The van der Waals surface area contributed by atoms with Crippen LogP contribution in [0.4, 0.5) is 9.18 Å². The number of hydrogen-bond donors (Lipinski definition) is 1. The number of piperazine rings is 1.